The van der Waals surface area contributed by atoms with Gasteiger partial charge in [-0.2, -0.15) is 0 Å². The first-order valence-corrected chi connectivity index (χ1v) is 8.53. The lowest BCUT2D eigenvalue weighted by atomic mass is 10.2. The van der Waals surface area contributed by atoms with E-state index in [1.165, 1.54) is 11.8 Å². The van der Waals surface area contributed by atoms with E-state index in [0.717, 1.165) is 11.4 Å². The summed E-state index contributed by atoms with van der Waals surface area (Å²) in [7, 11) is 0. The standard InChI is InChI=1S/C16H20N4O2S/c21-15(20-10-13-4-2-1-3-5-13)6-7-19-16(22)12-23-11-14-17-8-9-18-14/h1-5,8-9H,6-7,10-12H2,(H,17,18)(H,19,22)(H,20,21). The van der Waals surface area contributed by atoms with Crippen LogP contribution in [0.15, 0.2) is 42.7 Å². The van der Waals surface area contributed by atoms with Crippen LogP contribution in [0.25, 0.3) is 0 Å². The van der Waals surface area contributed by atoms with E-state index in [1.807, 2.05) is 30.3 Å². The number of hydrogen-bond donors (Lipinski definition) is 3. The zero-order chi connectivity index (χ0) is 16.3. The van der Waals surface area contributed by atoms with Gasteiger partial charge in [-0.15, -0.1) is 11.8 Å². The summed E-state index contributed by atoms with van der Waals surface area (Å²) in [5.41, 5.74) is 1.05. The molecule has 23 heavy (non-hydrogen) atoms. The van der Waals surface area contributed by atoms with E-state index in [4.69, 9.17) is 0 Å². The quantitative estimate of drug-likeness (QED) is 0.649. The predicted octanol–water partition coefficient (Wildman–Crippen LogP) is 1.47. The van der Waals surface area contributed by atoms with Gasteiger partial charge in [-0.25, -0.2) is 4.98 Å². The van der Waals surface area contributed by atoms with E-state index in [2.05, 4.69) is 20.6 Å². The van der Waals surface area contributed by atoms with Crippen molar-refractivity contribution in [2.45, 2.75) is 18.7 Å². The Hall–Kier alpha value is -2.28. The number of rotatable bonds is 9. The lowest BCUT2D eigenvalue weighted by molar-refractivity contribution is -0.121. The number of imidazole rings is 1. The highest BCUT2D eigenvalue weighted by Crippen LogP contribution is 2.06. The zero-order valence-corrected chi connectivity index (χ0v) is 13.6. The van der Waals surface area contributed by atoms with Crippen LogP contribution in [0.4, 0.5) is 0 Å². The Morgan fingerprint density at radius 3 is 2.70 bits per heavy atom. The molecule has 2 rings (SSSR count). The van der Waals surface area contributed by atoms with E-state index in [0.29, 0.717) is 24.6 Å². The molecule has 3 N–H and O–H groups in total. The zero-order valence-electron chi connectivity index (χ0n) is 12.7. The Kier molecular flexibility index (Phi) is 7.19. The Bertz CT molecular complexity index is 602. The van der Waals surface area contributed by atoms with Crippen LogP contribution in [-0.2, 0) is 21.9 Å². The van der Waals surface area contributed by atoms with Gasteiger partial charge < -0.3 is 15.6 Å². The summed E-state index contributed by atoms with van der Waals surface area (Å²) in [6, 6.07) is 9.71. The molecule has 0 aliphatic carbocycles. The summed E-state index contributed by atoms with van der Waals surface area (Å²) >= 11 is 1.48. The van der Waals surface area contributed by atoms with Gasteiger partial charge in [0.2, 0.25) is 11.8 Å². The molecule has 0 spiro atoms. The Balaban J connectivity index is 1.51. The number of aromatic nitrogens is 2. The van der Waals surface area contributed by atoms with Crippen molar-refractivity contribution in [1.82, 2.24) is 20.6 Å². The number of nitrogens with zero attached hydrogens (tertiary/aromatic N) is 1. The maximum Gasteiger partial charge on any atom is 0.230 e. The molecule has 2 aromatic rings. The lowest BCUT2D eigenvalue weighted by Crippen LogP contribution is -2.31. The van der Waals surface area contributed by atoms with Gasteiger partial charge in [0, 0.05) is 31.9 Å². The van der Waals surface area contributed by atoms with Crippen molar-refractivity contribution >= 4 is 23.6 Å². The molecule has 2 amide bonds. The first-order valence-electron chi connectivity index (χ1n) is 7.37. The summed E-state index contributed by atoms with van der Waals surface area (Å²) in [4.78, 5) is 30.4. The maximum absolute atomic E-state index is 11.7. The number of H-pyrrole nitrogens is 1. The van der Waals surface area contributed by atoms with Crippen LogP contribution < -0.4 is 10.6 Å². The molecule has 0 radical (unpaired) electrons. The lowest BCUT2D eigenvalue weighted by Gasteiger charge is -2.06. The minimum Gasteiger partial charge on any atom is -0.355 e. The normalized spacial score (nSPS) is 10.3. The Morgan fingerprint density at radius 1 is 1.13 bits per heavy atom. The number of nitrogens with one attached hydrogen (secondary N) is 3. The molecule has 0 fully saturated rings. The van der Waals surface area contributed by atoms with Crippen molar-refractivity contribution in [2.24, 2.45) is 0 Å². The third-order valence-corrected chi connectivity index (χ3v) is 3.98. The average Bonchev–Trinajstić information content (AvgIpc) is 3.07. The van der Waals surface area contributed by atoms with E-state index in [1.54, 1.807) is 12.4 Å². The molecule has 0 saturated carbocycles. The molecule has 1 aromatic carbocycles. The Morgan fingerprint density at radius 2 is 1.96 bits per heavy atom. The second kappa shape index (κ2) is 9.68. The maximum atomic E-state index is 11.7. The van der Waals surface area contributed by atoms with Crippen molar-refractivity contribution in [3.63, 3.8) is 0 Å². The van der Waals surface area contributed by atoms with Gasteiger partial charge in [0.15, 0.2) is 0 Å². The topological polar surface area (TPSA) is 86.9 Å². The highest BCUT2D eigenvalue weighted by Gasteiger charge is 2.05. The van der Waals surface area contributed by atoms with Gasteiger partial charge in [-0.3, -0.25) is 9.59 Å². The van der Waals surface area contributed by atoms with Gasteiger partial charge in [-0.05, 0) is 5.56 Å². The van der Waals surface area contributed by atoms with Crippen molar-refractivity contribution in [3.8, 4) is 0 Å². The monoisotopic (exact) mass is 332 g/mol. The molecular formula is C16H20N4O2S. The number of thioether (sulfide) groups is 1. The third kappa shape index (κ3) is 7.01. The van der Waals surface area contributed by atoms with Crippen LogP contribution in [0.2, 0.25) is 0 Å². The van der Waals surface area contributed by atoms with Gasteiger partial charge in [-0.1, -0.05) is 30.3 Å². The third-order valence-electron chi connectivity index (χ3n) is 3.03. The molecule has 0 aliphatic rings. The summed E-state index contributed by atoms with van der Waals surface area (Å²) < 4.78 is 0. The van der Waals surface area contributed by atoms with Crippen LogP contribution in [-0.4, -0.2) is 34.1 Å². The summed E-state index contributed by atoms with van der Waals surface area (Å²) in [6.07, 6.45) is 3.72. The fourth-order valence-corrected chi connectivity index (χ4v) is 2.61. The average molecular weight is 332 g/mol. The molecule has 0 aliphatic heterocycles. The molecule has 6 nitrogen and oxygen atoms in total. The highest BCUT2D eigenvalue weighted by atomic mass is 32.2. The van der Waals surface area contributed by atoms with E-state index >= 15 is 0 Å². The fraction of sp³-hybridized carbons (Fsp3) is 0.312. The number of hydrogen-bond acceptors (Lipinski definition) is 4. The highest BCUT2D eigenvalue weighted by molar-refractivity contribution is 7.99. The second-order valence-corrected chi connectivity index (χ2v) is 5.88. The van der Waals surface area contributed by atoms with Crippen LogP contribution in [0.3, 0.4) is 0 Å². The molecule has 0 bridgehead atoms. The van der Waals surface area contributed by atoms with Crippen LogP contribution in [0.1, 0.15) is 17.8 Å². The van der Waals surface area contributed by atoms with Crippen molar-refractivity contribution in [3.05, 3.63) is 54.1 Å². The van der Waals surface area contributed by atoms with Crippen molar-refractivity contribution < 1.29 is 9.59 Å². The van der Waals surface area contributed by atoms with E-state index in [-0.39, 0.29) is 18.2 Å². The molecule has 0 unspecified atom stereocenters. The summed E-state index contributed by atoms with van der Waals surface area (Å²) in [5.74, 6) is 1.72. The van der Waals surface area contributed by atoms with Crippen molar-refractivity contribution in [2.75, 3.05) is 12.3 Å². The molecule has 122 valence electrons. The van der Waals surface area contributed by atoms with Gasteiger partial charge in [0.1, 0.15) is 5.82 Å². The first-order chi connectivity index (χ1) is 11.2. The molecule has 0 atom stereocenters. The summed E-state index contributed by atoms with van der Waals surface area (Å²) in [6.45, 7) is 0.855. The smallest absolute Gasteiger partial charge is 0.230 e. The number of aromatic amines is 1. The fourth-order valence-electron chi connectivity index (χ4n) is 1.87. The second-order valence-electron chi connectivity index (χ2n) is 4.89. The first kappa shape index (κ1) is 17.1. The largest absolute Gasteiger partial charge is 0.355 e. The van der Waals surface area contributed by atoms with Crippen LogP contribution >= 0.6 is 11.8 Å². The van der Waals surface area contributed by atoms with Gasteiger partial charge in [0.25, 0.3) is 0 Å². The number of carbonyl (C=O) groups is 2. The molecule has 0 saturated heterocycles. The molecule has 1 heterocycles. The predicted molar refractivity (Wildman–Crippen MR) is 90.7 cm³/mol. The molecular weight excluding hydrogens is 312 g/mol. The SMILES string of the molecule is O=C(CCNC(=O)CSCc1ncc[nH]1)NCc1ccccc1. The number of amides is 2. The van der Waals surface area contributed by atoms with Gasteiger partial charge in [0.05, 0.1) is 11.5 Å². The van der Waals surface area contributed by atoms with Crippen LogP contribution in [0.5, 0.6) is 0 Å². The molecule has 1 aromatic heterocycles. The van der Waals surface area contributed by atoms with Crippen molar-refractivity contribution in [1.29, 1.82) is 0 Å². The number of benzene rings is 1. The minimum absolute atomic E-state index is 0.0718. The molecule has 7 heteroatoms. The number of carbonyl (C=O) groups excluding carboxylic acids is 2. The Labute approximate surface area is 139 Å². The van der Waals surface area contributed by atoms with E-state index in [9.17, 15) is 9.59 Å². The summed E-state index contributed by atoms with van der Waals surface area (Å²) in [5, 5.41) is 5.57. The van der Waals surface area contributed by atoms with E-state index < -0.39 is 0 Å². The minimum atomic E-state index is -0.0719. The van der Waals surface area contributed by atoms with Gasteiger partial charge >= 0.3 is 0 Å². The van der Waals surface area contributed by atoms with Crippen LogP contribution in [0, 0.1) is 0 Å².